The number of rotatable bonds is 6. The van der Waals surface area contributed by atoms with E-state index in [1.54, 1.807) is 18.2 Å². The van der Waals surface area contributed by atoms with Gasteiger partial charge in [0.1, 0.15) is 6.54 Å². The third kappa shape index (κ3) is 4.43. The highest BCUT2D eigenvalue weighted by atomic mass is 79.9. The number of carbonyl (C=O) groups excluding carboxylic acids is 1. The summed E-state index contributed by atoms with van der Waals surface area (Å²) in [6.45, 7) is 0.0451. The van der Waals surface area contributed by atoms with Crippen molar-refractivity contribution in [3.63, 3.8) is 0 Å². The van der Waals surface area contributed by atoms with Crippen LogP contribution in [0.2, 0.25) is 0 Å². The van der Waals surface area contributed by atoms with Crippen molar-refractivity contribution < 1.29 is 14.7 Å². The van der Waals surface area contributed by atoms with E-state index in [4.69, 9.17) is 5.11 Å². The SMILES string of the molecule is O=C(O)CN(CCc1ccccc1)C(=O)c1ccccc1Br. The lowest BCUT2D eigenvalue weighted by Crippen LogP contribution is -2.37. The van der Waals surface area contributed by atoms with Gasteiger partial charge < -0.3 is 10.0 Å². The van der Waals surface area contributed by atoms with E-state index in [1.165, 1.54) is 4.90 Å². The van der Waals surface area contributed by atoms with E-state index < -0.39 is 5.97 Å². The zero-order valence-electron chi connectivity index (χ0n) is 11.9. The molecular formula is C17H16BrNO3. The summed E-state index contributed by atoms with van der Waals surface area (Å²) in [5, 5.41) is 9.04. The molecule has 2 aromatic carbocycles. The van der Waals surface area contributed by atoms with Gasteiger partial charge in [0.25, 0.3) is 5.91 Å². The number of halogens is 1. The second-order valence-electron chi connectivity index (χ2n) is 4.84. The van der Waals surface area contributed by atoms with Crippen LogP contribution in [0.3, 0.4) is 0 Å². The fourth-order valence-corrected chi connectivity index (χ4v) is 2.58. The average Bonchev–Trinajstić information content (AvgIpc) is 2.52. The normalized spacial score (nSPS) is 10.2. The number of aliphatic carboxylic acids is 1. The predicted octanol–water partition coefficient (Wildman–Crippen LogP) is 3.22. The Morgan fingerprint density at radius 2 is 1.64 bits per heavy atom. The Morgan fingerprint density at radius 3 is 2.27 bits per heavy atom. The Bertz CT molecular complexity index is 658. The molecule has 0 aliphatic carbocycles. The Kier molecular flexibility index (Phi) is 5.72. The standard InChI is InChI=1S/C17H16BrNO3/c18-15-9-5-4-8-14(15)17(22)19(12-16(20)21)11-10-13-6-2-1-3-7-13/h1-9H,10-12H2,(H,20,21). The summed E-state index contributed by atoms with van der Waals surface area (Å²) in [6, 6.07) is 16.7. The van der Waals surface area contributed by atoms with E-state index in [1.807, 2.05) is 36.4 Å². The van der Waals surface area contributed by atoms with Crippen LogP contribution in [0.4, 0.5) is 0 Å². The molecule has 0 fully saturated rings. The first kappa shape index (κ1) is 16.2. The van der Waals surface area contributed by atoms with Crippen molar-refractivity contribution in [2.45, 2.75) is 6.42 Å². The average molecular weight is 362 g/mol. The van der Waals surface area contributed by atoms with Crippen molar-refractivity contribution in [1.82, 2.24) is 4.90 Å². The Balaban J connectivity index is 2.13. The molecule has 2 rings (SSSR count). The van der Waals surface area contributed by atoms with Gasteiger partial charge in [-0.15, -0.1) is 0 Å². The molecule has 4 nitrogen and oxygen atoms in total. The van der Waals surface area contributed by atoms with E-state index in [0.29, 0.717) is 23.0 Å². The lowest BCUT2D eigenvalue weighted by molar-refractivity contribution is -0.137. The maximum atomic E-state index is 12.6. The molecule has 0 aliphatic heterocycles. The number of carboxylic acids is 1. The van der Waals surface area contributed by atoms with Crippen LogP contribution in [0, 0.1) is 0 Å². The van der Waals surface area contributed by atoms with Gasteiger partial charge in [-0.25, -0.2) is 0 Å². The fourth-order valence-electron chi connectivity index (χ4n) is 2.13. The van der Waals surface area contributed by atoms with Crippen LogP contribution >= 0.6 is 15.9 Å². The molecular weight excluding hydrogens is 346 g/mol. The van der Waals surface area contributed by atoms with Crippen molar-refractivity contribution in [3.05, 3.63) is 70.2 Å². The summed E-state index contributed by atoms with van der Waals surface area (Å²) in [5.41, 5.74) is 1.54. The molecule has 0 radical (unpaired) electrons. The number of carboxylic acid groups (broad SMARTS) is 1. The molecule has 0 heterocycles. The van der Waals surface area contributed by atoms with Gasteiger partial charge in [0.15, 0.2) is 0 Å². The summed E-state index contributed by atoms with van der Waals surface area (Å²) in [6.07, 6.45) is 0.615. The first-order chi connectivity index (χ1) is 10.6. The van der Waals surface area contributed by atoms with Gasteiger partial charge in [-0.05, 0) is 40.0 Å². The quantitative estimate of drug-likeness (QED) is 0.859. The maximum absolute atomic E-state index is 12.6. The van der Waals surface area contributed by atoms with Crippen LogP contribution in [0.25, 0.3) is 0 Å². The van der Waals surface area contributed by atoms with Crippen LogP contribution in [-0.4, -0.2) is 35.0 Å². The van der Waals surface area contributed by atoms with E-state index >= 15 is 0 Å². The Hall–Kier alpha value is -2.14. The van der Waals surface area contributed by atoms with E-state index in [0.717, 1.165) is 5.56 Å². The number of nitrogens with zero attached hydrogens (tertiary/aromatic N) is 1. The monoisotopic (exact) mass is 361 g/mol. The van der Waals surface area contributed by atoms with Crippen molar-refractivity contribution in [2.24, 2.45) is 0 Å². The molecule has 0 unspecified atom stereocenters. The van der Waals surface area contributed by atoms with Crippen molar-refractivity contribution in [1.29, 1.82) is 0 Å². The van der Waals surface area contributed by atoms with E-state index in [2.05, 4.69) is 15.9 Å². The maximum Gasteiger partial charge on any atom is 0.323 e. The number of amides is 1. The highest BCUT2D eigenvalue weighted by molar-refractivity contribution is 9.10. The molecule has 0 spiro atoms. The predicted molar refractivity (Wildman–Crippen MR) is 87.8 cm³/mol. The topological polar surface area (TPSA) is 57.6 Å². The third-order valence-corrected chi connectivity index (χ3v) is 3.92. The van der Waals surface area contributed by atoms with Crippen LogP contribution in [-0.2, 0) is 11.2 Å². The minimum absolute atomic E-state index is 0.286. The summed E-state index contributed by atoms with van der Waals surface area (Å²) in [4.78, 5) is 24.9. The lowest BCUT2D eigenvalue weighted by atomic mass is 10.1. The van der Waals surface area contributed by atoms with Gasteiger partial charge in [0.05, 0.1) is 5.56 Å². The number of carbonyl (C=O) groups is 2. The molecule has 114 valence electrons. The zero-order valence-corrected chi connectivity index (χ0v) is 13.5. The molecule has 0 aromatic heterocycles. The molecule has 22 heavy (non-hydrogen) atoms. The summed E-state index contributed by atoms with van der Waals surface area (Å²) in [5.74, 6) is -1.31. The first-order valence-electron chi connectivity index (χ1n) is 6.87. The van der Waals surface area contributed by atoms with Crippen LogP contribution in [0.1, 0.15) is 15.9 Å². The summed E-state index contributed by atoms with van der Waals surface area (Å²) >= 11 is 3.33. The molecule has 2 aromatic rings. The minimum atomic E-state index is -1.02. The van der Waals surface area contributed by atoms with E-state index in [-0.39, 0.29) is 12.5 Å². The molecule has 0 atom stereocenters. The molecule has 1 amide bonds. The van der Waals surface area contributed by atoms with Gasteiger partial charge in [-0.2, -0.15) is 0 Å². The molecule has 0 bridgehead atoms. The molecule has 1 N–H and O–H groups in total. The zero-order chi connectivity index (χ0) is 15.9. The van der Waals surface area contributed by atoms with Crippen molar-refractivity contribution in [3.8, 4) is 0 Å². The molecule has 0 saturated carbocycles. The molecule has 5 heteroatoms. The first-order valence-corrected chi connectivity index (χ1v) is 7.67. The van der Waals surface area contributed by atoms with Crippen LogP contribution in [0.15, 0.2) is 59.1 Å². The minimum Gasteiger partial charge on any atom is -0.480 e. The van der Waals surface area contributed by atoms with Crippen molar-refractivity contribution in [2.75, 3.05) is 13.1 Å². The Labute approximate surface area is 137 Å². The Morgan fingerprint density at radius 1 is 1.00 bits per heavy atom. The van der Waals surface area contributed by atoms with E-state index in [9.17, 15) is 9.59 Å². The second kappa shape index (κ2) is 7.75. The summed E-state index contributed by atoms with van der Waals surface area (Å²) in [7, 11) is 0. The lowest BCUT2D eigenvalue weighted by Gasteiger charge is -2.21. The number of benzene rings is 2. The third-order valence-electron chi connectivity index (χ3n) is 3.23. The number of hydrogen-bond acceptors (Lipinski definition) is 2. The van der Waals surface area contributed by atoms with Crippen molar-refractivity contribution >= 4 is 27.8 Å². The largest absolute Gasteiger partial charge is 0.480 e. The van der Waals surface area contributed by atoms with Crippen LogP contribution in [0.5, 0.6) is 0 Å². The summed E-state index contributed by atoms with van der Waals surface area (Å²) < 4.78 is 0.662. The van der Waals surface area contributed by atoms with Gasteiger partial charge in [0.2, 0.25) is 0 Å². The molecule has 0 aliphatic rings. The van der Waals surface area contributed by atoms with Gasteiger partial charge in [-0.3, -0.25) is 9.59 Å². The highest BCUT2D eigenvalue weighted by Crippen LogP contribution is 2.18. The second-order valence-corrected chi connectivity index (χ2v) is 5.69. The number of hydrogen-bond donors (Lipinski definition) is 1. The van der Waals surface area contributed by atoms with Gasteiger partial charge >= 0.3 is 5.97 Å². The molecule has 0 saturated heterocycles. The van der Waals surface area contributed by atoms with Crippen LogP contribution < -0.4 is 0 Å². The van der Waals surface area contributed by atoms with Gasteiger partial charge in [-0.1, -0.05) is 42.5 Å². The smallest absolute Gasteiger partial charge is 0.323 e. The highest BCUT2D eigenvalue weighted by Gasteiger charge is 2.20. The van der Waals surface area contributed by atoms with Gasteiger partial charge in [0, 0.05) is 11.0 Å². The fraction of sp³-hybridized carbons (Fsp3) is 0.176.